The summed E-state index contributed by atoms with van der Waals surface area (Å²) in [5.41, 5.74) is 3.31. The predicted octanol–water partition coefficient (Wildman–Crippen LogP) is 2.24. The van der Waals surface area contributed by atoms with E-state index in [1.54, 1.807) is 6.08 Å². The molecule has 0 amide bonds. The van der Waals surface area contributed by atoms with Gasteiger partial charge < -0.3 is 0 Å². The maximum atomic E-state index is 11.1. The predicted molar refractivity (Wildman–Crippen MR) is 41.8 cm³/mol. The molecule has 54 valence electrons. The minimum Gasteiger partial charge on any atom is -0.290 e. The van der Waals surface area contributed by atoms with Gasteiger partial charge in [-0.05, 0) is 38.8 Å². The van der Waals surface area contributed by atoms with Crippen LogP contribution in [-0.2, 0) is 4.79 Å². The first kappa shape index (κ1) is 7.26. The smallest absolute Gasteiger partial charge is 0.181 e. The lowest BCUT2D eigenvalue weighted by atomic mass is 9.94. The minimum absolute atomic E-state index is 0.182. The molecule has 0 aromatic carbocycles. The molecule has 0 aliphatic heterocycles. The zero-order valence-corrected chi connectivity index (χ0v) is 6.69. The average Bonchev–Trinajstić information content (AvgIpc) is 1.82. The van der Waals surface area contributed by atoms with Crippen LogP contribution in [0.5, 0.6) is 0 Å². The monoisotopic (exact) mass is 136 g/mol. The van der Waals surface area contributed by atoms with Gasteiger partial charge >= 0.3 is 0 Å². The normalized spacial score (nSPS) is 19.5. The Morgan fingerprint density at radius 3 is 2.40 bits per heavy atom. The van der Waals surface area contributed by atoms with E-state index < -0.39 is 0 Å². The molecule has 0 atom stereocenters. The molecule has 0 N–H and O–H groups in total. The summed E-state index contributed by atoms with van der Waals surface area (Å²) < 4.78 is 0. The van der Waals surface area contributed by atoms with Crippen LogP contribution in [0.2, 0.25) is 0 Å². The number of rotatable bonds is 0. The van der Waals surface area contributed by atoms with Crippen LogP contribution in [0.3, 0.4) is 0 Å². The molecule has 0 unspecified atom stereocenters. The summed E-state index contributed by atoms with van der Waals surface area (Å²) in [4.78, 5) is 11.1. The Kier molecular flexibility index (Phi) is 1.75. The van der Waals surface area contributed by atoms with Gasteiger partial charge in [-0.2, -0.15) is 0 Å². The fraction of sp³-hybridized carbons (Fsp3) is 0.444. The molecular weight excluding hydrogens is 124 g/mol. The number of hydrogen-bond acceptors (Lipinski definition) is 1. The summed E-state index contributed by atoms with van der Waals surface area (Å²) in [5, 5.41) is 0. The van der Waals surface area contributed by atoms with Crippen LogP contribution in [0, 0.1) is 0 Å². The first-order valence-corrected chi connectivity index (χ1v) is 3.49. The largest absolute Gasteiger partial charge is 0.290 e. The minimum atomic E-state index is 0.182. The number of hydrogen-bond donors (Lipinski definition) is 0. The zero-order chi connectivity index (χ0) is 7.72. The molecule has 1 aliphatic carbocycles. The van der Waals surface area contributed by atoms with Crippen LogP contribution in [-0.4, -0.2) is 5.78 Å². The Labute approximate surface area is 61.4 Å². The van der Waals surface area contributed by atoms with E-state index in [1.165, 1.54) is 11.1 Å². The number of allylic oxidation sites excluding steroid dienone is 4. The summed E-state index contributed by atoms with van der Waals surface area (Å²) in [6.07, 6.45) is 2.69. The van der Waals surface area contributed by atoms with Crippen molar-refractivity contribution in [3.8, 4) is 0 Å². The molecule has 0 heterocycles. The Balaban J connectivity index is 2.96. The highest BCUT2D eigenvalue weighted by molar-refractivity contribution is 6.05. The summed E-state index contributed by atoms with van der Waals surface area (Å²) in [5.74, 6) is 0.182. The van der Waals surface area contributed by atoms with Crippen LogP contribution < -0.4 is 0 Å². The Bertz CT molecular complexity index is 231. The number of carbonyl (C=O) groups excluding carboxylic acids is 1. The Hall–Kier alpha value is -0.850. The molecule has 0 spiro atoms. The topological polar surface area (TPSA) is 17.1 Å². The van der Waals surface area contributed by atoms with Crippen molar-refractivity contribution in [1.82, 2.24) is 0 Å². The van der Waals surface area contributed by atoms with E-state index in [-0.39, 0.29) is 5.78 Å². The molecule has 1 rings (SSSR count). The second-order valence-electron chi connectivity index (χ2n) is 2.94. The van der Waals surface area contributed by atoms with Crippen LogP contribution >= 0.6 is 0 Å². The van der Waals surface area contributed by atoms with Gasteiger partial charge in [0.1, 0.15) is 0 Å². The fourth-order valence-corrected chi connectivity index (χ4v) is 1.14. The van der Waals surface area contributed by atoms with Crippen LogP contribution in [0.4, 0.5) is 0 Å². The molecule has 0 saturated carbocycles. The van der Waals surface area contributed by atoms with Gasteiger partial charge in [0.25, 0.3) is 0 Å². The number of carbonyl (C=O) groups is 1. The highest BCUT2D eigenvalue weighted by atomic mass is 16.1. The van der Waals surface area contributed by atoms with Gasteiger partial charge in [0.15, 0.2) is 5.78 Å². The third-order valence-corrected chi connectivity index (χ3v) is 1.93. The second-order valence-corrected chi connectivity index (χ2v) is 2.94. The van der Waals surface area contributed by atoms with Gasteiger partial charge in [-0.1, -0.05) is 11.1 Å². The van der Waals surface area contributed by atoms with Crippen molar-refractivity contribution in [3.05, 3.63) is 22.8 Å². The molecule has 0 aromatic heterocycles. The summed E-state index contributed by atoms with van der Waals surface area (Å²) in [6, 6.07) is 0. The molecule has 1 heteroatoms. The lowest BCUT2D eigenvalue weighted by Gasteiger charge is -2.11. The summed E-state index contributed by atoms with van der Waals surface area (Å²) >= 11 is 0. The van der Waals surface area contributed by atoms with Gasteiger partial charge in [0, 0.05) is 0 Å². The molecule has 1 nitrogen and oxygen atoms in total. The molecule has 0 saturated heterocycles. The molecule has 10 heavy (non-hydrogen) atoms. The van der Waals surface area contributed by atoms with Crippen molar-refractivity contribution >= 4 is 5.78 Å². The van der Waals surface area contributed by atoms with Crippen LogP contribution in [0.1, 0.15) is 27.2 Å². The summed E-state index contributed by atoms with van der Waals surface area (Å²) in [7, 11) is 0. The maximum absolute atomic E-state index is 11.1. The first-order chi connectivity index (χ1) is 4.61. The van der Waals surface area contributed by atoms with Crippen molar-refractivity contribution in [1.29, 1.82) is 0 Å². The zero-order valence-electron chi connectivity index (χ0n) is 6.69. The number of ketones is 1. The quantitative estimate of drug-likeness (QED) is 0.499. The fourth-order valence-electron chi connectivity index (χ4n) is 1.14. The standard InChI is InChI=1S/C9H12O/c1-6-4-7(2)8(3)9(10)5-6/h5H,4H2,1-3H3. The van der Waals surface area contributed by atoms with Crippen LogP contribution in [0.15, 0.2) is 22.8 Å². The van der Waals surface area contributed by atoms with Gasteiger partial charge in [-0.25, -0.2) is 0 Å². The molecular formula is C9H12O. The second kappa shape index (κ2) is 2.41. The van der Waals surface area contributed by atoms with E-state index in [4.69, 9.17) is 0 Å². The van der Waals surface area contributed by atoms with Crippen molar-refractivity contribution in [2.75, 3.05) is 0 Å². The highest BCUT2D eigenvalue weighted by Crippen LogP contribution is 2.20. The Morgan fingerprint density at radius 2 is 1.90 bits per heavy atom. The third-order valence-electron chi connectivity index (χ3n) is 1.93. The van der Waals surface area contributed by atoms with Crippen molar-refractivity contribution in [2.24, 2.45) is 0 Å². The SMILES string of the molecule is CC1=CC(=O)C(C)=C(C)C1. The highest BCUT2D eigenvalue weighted by Gasteiger charge is 2.10. The van der Waals surface area contributed by atoms with Crippen LogP contribution in [0.25, 0.3) is 0 Å². The van der Waals surface area contributed by atoms with Gasteiger partial charge in [0.2, 0.25) is 0 Å². The van der Waals surface area contributed by atoms with Crippen molar-refractivity contribution < 1.29 is 4.79 Å². The van der Waals surface area contributed by atoms with E-state index in [0.29, 0.717) is 0 Å². The molecule has 0 aromatic rings. The van der Waals surface area contributed by atoms with Gasteiger partial charge in [-0.3, -0.25) is 4.79 Å². The third kappa shape index (κ3) is 1.18. The lowest BCUT2D eigenvalue weighted by molar-refractivity contribution is -0.111. The van der Waals surface area contributed by atoms with Gasteiger partial charge in [-0.15, -0.1) is 0 Å². The first-order valence-electron chi connectivity index (χ1n) is 3.49. The van der Waals surface area contributed by atoms with E-state index in [0.717, 1.165) is 12.0 Å². The average molecular weight is 136 g/mol. The Morgan fingerprint density at radius 1 is 1.30 bits per heavy atom. The van der Waals surface area contributed by atoms with E-state index in [2.05, 4.69) is 0 Å². The molecule has 0 bridgehead atoms. The molecule has 0 fully saturated rings. The van der Waals surface area contributed by atoms with E-state index in [1.807, 2.05) is 20.8 Å². The van der Waals surface area contributed by atoms with Crippen molar-refractivity contribution in [2.45, 2.75) is 27.2 Å². The van der Waals surface area contributed by atoms with Crippen molar-refractivity contribution in [3.63, 3.8) is 0 Å². The maximum Gasteiger partial charge on any atom is 0.181 e. The van der Waals surface area contributed by atoms with E-state index in [9.17, 15) is 4.79 Å². The summed E-state index contributed by atoms with van der Waals surface area (Å²) in [6.45, 7) is 5.90. The van der Waals surface area contributed by atoms with Gasteiger partial charge in [0.05, 0.1) is 0 Å². The molecule has 1 aliphatic rings. The lowest BCUT2D eigenvalue weighted by Crippen LogP contribution is -2.04. The molecule has 0 radical (unpaired) electrons. The van der Waals surface area contributed by atoms with E-state index >= 15 is 0 Å².